The van der Waals surface area contributed by atoms with Crippen LogP contribution in [0.2, 0.25) is 0 Å². The van der Waals surface area contributed by atoms with Crippen molar-refractivity contribution in [3.63, 3.8) is 0 Å². The number of rotatable bonds is 6. The summed E-state index contributed by atoms with van der Waals surface area (Å²) >= 11 is 0. The van der Waals surface area contributed by atoms with Crippen molar-refractivity contribution in [1.29, 1.82) is 0 Å². The maximum atomic E-state index is 15.5. The highest BCUT2D eigenvalue weighted by Crippen LogP contribution is 2.93. The van der Waals surface area contributed by atoms with Crippen molar-refractivity contribution >= 4 is 23.2 Å². The van der Waals surface area contributed by atoms with Crippen molar-refractivity contribution in [2.24, 2.45) is 108 Å². The first-order chi connectivity index (χ1) is 45.6. The zero-order valence-corrected chi connectivity index (χ0v) is 56.7. The lowest BCUT2D eigenvalue weighted by molar-refractivity contribution is -0.219. The lowest BCUT2D eigenvalue weighted by atomic mass is 9.25. The summed E-state index contributed by atoms with van der Waals surface area (Å²) in [6.45, 7) is 11.6. The Morgan fingerprint density at radius 1 is 0.809 bits per heavy atom. The zero-order chi connectivity index (χ0) is 63.9. The Hall–Kier alpha value is -5.89. The standard InChI is InChI=1S/C87H104N2O5/c1-53(2)39-63-30-33-80(3)75(91)32-34-84-71-44-59-20-11-12-22-67(59)68-43-55-17-13-21-58(41-55)60-25-29-77(89-51-60)88-38-14-23-66(57-18-9-6-10-19-57)61(52-90)24-28-70(78(93)94)86-35-31-74-82-36-37-85(74)64(27-26-62(82)42-56(47-82)40-54-15-7-5-8-16-54)45-65-46-72(84)73(49-83(63,79(80)84)48-69(68)71)87(85,50-76(86)92)81(65,86)4/h5,7-8,11-13,15-17,20-22,25-27,29-31,35,41,44,48,52-53,56-57,62,64-66,70-71,74-76,79,88-92H,6,9-10,14,18-19,23-24,28,32-34,36-40,42-43,45-47,49-51H2,1-4H3,(H,93,94)/b61-52+/t56-,62-,64-,65+,66+,70+,71-,74-,75+,76-,79-,80-,81-,82-,83-,84+,85+,86+,87-/m1/s1. The fourth-order valence-corrected chi connectivity index (χ4v) is 28.3. The average molecular weight is 1260 g/mol. The van der Waals surface area contributed by atoms with Gasteiger partial charge in [0.1, 0.15) is 0 Å². The van der Waals surface area contributed by atoms with Gasteiger partial charge in [-0.1, -0.05) is 191 Å². The largest absolute Gasteiger partial charge is 0.516 e. The Morgan fingerprint density at radius 3 is 2.45 bits per heavy atom. The van der Waals surface area contributed by atoms with Gasteiger partial charge in [0.25, 0.3) is 0 Å². The van der Waals surface area contributed by atoms with Crippen molar-refractivity contribution in [2.75, 3.05) is 13.1 Å². The van der Waals surface area contributed by atoms with E-state index in [-0.39, 0.29) is 51.2 Å². The summed E-state index contributed by atoms with van der Waals surface area (Å²) in [4.78, 5) is 15.5. The monoisotopic (exact) mass is 1260 g/mol. The third kappa shape index (κ3) is 7.84. The number of fused-ring (bicyclic) bond motifs is 1. The maximum Gasteiger partial charge on any atom is 0.307 e. The molecule has 94 heavy (non-hydrogen) atoms. The van der Waals surface area contributed by atoms with E-state index in [2.05, 4.69) is 172 Å². The van der Waals surface area contributed by atoms with Crippen molar-refractivity contribution in [3.05, 3.63) is 195 Å². The summed E-state index contributed by atoms with van der Waals surface area (Å²) < 4.78 is 0. The number of aliphatic hydroxyl groups is 3. The molecular formula is C87H104N2O5. The van der Waals surface area contributed by atoms with Crippen molar-refractivity contribution in [1.82, 2.24) is 10.6 Å². The minimum absolute atomic E-state index is 0.00797. The van der Waals surface area contributed by atoms with Crippen molar-refractivity contribution in [2.45, 2.75) is 188 Å². The number of benzene rings is 3. The number of carboxylic acid groups (broad SMARTS) is 1. The fraction of sp³-hybridized carbons (Fsp3) is 0.575. The van der Waals surface area contributed by atoms with E-state index in [9.17, 15) is 20.4 Å². The van der Waals surface area contributed by atoms with E-state index in [1.54, 1.807) is 16.7 Å². The molecule has 4 spiro atoms. The van der Waals surface area contributed by atoms with Crippen LogP contribution in [0.3, 0.4) is 0 Å². The van der Waals surface area contributed by atoms with Crippen LogP contribution < -0.4 is 21.1 Å². The summed E-state index contributed by atoms with van der Waals surface area (Å²) in [5, 5.41) is 62.5. The molecule has 7 nitrogen and oxygen atoms in total. The van der Waals surface area contributed by atoms with Crippen molar-refractivity contribution in [3.8, 4) is 0 Å². The summed E-state index contributed by atoms with van der Waals surface area (Å²) in [7, 11) is 0. The molecule has 22 rings (SSSR count). The smallest absolute Gasteiger partial charge is 0.307 e. The number of carbonyl (C=O) groups is 1. The Kier molecular flexibility index (Phi) is 13.9. The number of dihydropyridines is 1. The molecule has 13 aliphatic carbocycles. The summed E-state index contributed by atoms with van der Waals surface area (Å²) in [6, 6.07) is 30.1. The summed E-state index contributed by atoms with van der Waals surface area (Å²) in [5.74, 6) is 2.17. The molecule has 19 atom stereocenters. The predicted molar refractivity (Wildman–Crippen MR) is 375 cm³/mol. The van der Waals surface area contributed by atoms with Gasteiger partial charge in [0.05, 0.1) is 30.2 Å². The molecule has 0 radical (unpaired) electrons. The van der Waals surface area contributed by atoms with Crippen LogP contribution in [0.4, 0.5) is 0 Å². The second kappa shape index (κ2) is 21.6. The molecule has 19 aliphatic rings. The topological polar surface area (TPSA) is 122 Å². The quantitative estimate of drug-likeness (QED) is 0.107. The average Bonchev–Trinajstić information content (AvgIpc) is 1.33. The molecule has 6 N–H and O–H groups in total. The number of aliphatic carboxylic acids is 1. The molecule has 3 aromatic rings. The SMILES string of the molecule is CC(C)CC1=CC[C@]2(C)[C@@H](O)CC[C@@]34C5=C6C[C@@]1(C=C1C(=c7ccccc7=C[C@H]13)Cc1cccc(c1)C1=CC=C(NCCC[C@@H](C3CCCCC3)/C(=C/O)CC[C@@H](C(=O)O)[C@]37C=C[C@@H]8[C@@]9%10CC[C@]8%11[C@H](C=C[C@@H]9C[C@@H](Cc8ccccc8)C%10)C[C@@H](C5)[C@@]3(C)[C@@]6%11C[C@H]7O)NC1)[C@@H]24. The second-order valence-electron chi connectivity index (χ2n) is 34.9. The molecule has 6 saturated carbocycles. The van der Waals surface area contributed by atoms with E-state index in [0.29, 0.717) is 48.9 Å². The van der Waals surface area contributed by atoms with Crippen molar-refractivity contribution < 1.29 is 25.2 Å². The minimum Gasteiger partial charge on any atom is -0.516 e. The molecule has 17 bridgehead atoms. The fourth-order valence-electron chi connectivity index (χ4n) is 28.3. The van der Waals surface area contributed by atoms with Crippen LogP contribution >= 0.6 is 0 Å². The number of hydrogen-bond acceptors (Lipinski definition) is 6. The van der Waals surface area contributed by atoms with Crippen LogP contribution in [0, 0.1) is 108 Å². The summed E-state index contributed by atoms with van der Waals surface area (Å²) in [5.41, 5.74) is 10.5. The number of nitrogens with one attached hydrogen (secondary N) is 2. The molecule has 0 amide bonds. The Labute approximate surface area is 559 Å². The molecule has 0 unspecified atom stereocenters. The van der Waals surface area contributed by atoms with Gasteiger partial charge < -0.3 is 31.1 Å². The van der Waals surface area contributed by atoms with E-state index in [1.807, 2.05) is 0 Å². The zero-order valence-electron chi connectivity index (χ0n) is 56.7. The highest BCUT2D eigenvalue weighted by atomic mass is 16.4. The van der Waals surface area contributed by atoms with E-state index >= 15 is 4.79 Å². The molecule has 0 aromatic heterocycles. The van der Waals surface area contributed by atoms with Gasteiger partial charge >= 0.3 is 5.97 Å². The van der Waals surface area contributed by atoms with Crippen LogP contribution in [0.15, 0.2) is 167 Å². The molecule has 6 fully saturated rings. The maximum absolute atomic E-state index is 15.5. The van der Waals surface area contributed by atoms with E-state index < -0.39 is 45.8 Å². The van der Waals surface area contributed by atoms with Gasteiger partial charge in [0.15, 0.2) is 0 Å². The van der Waals surface area contributed by atoms with Gasteiger partial charge in [0, 0.05) is 46.1 Å². The van der Waals surface area contributed by atoms with Crippen LogP contribution in [0.5, 0.6) is 0 Å². The predicted octanol–water partition coefficient (Wildman–Crippen LogP) is 16.2. The molecule has 6 aliphatic heterocycles. The molecule has 3 aromatic carbocycles. The van der Waals surface area contributed by atoms with Crippen LogP contribution in [-0.2, 0) is 17.6 Å². The second-order valence-corrected chi connectivity index (χ2v) is 34.9. The van der Waals surface area contributed by atoms with Crippen LogP contribution in [0.1, 0.15) is 179 Å². The first kappa shape index (κ1) is 60.5. The third-order valence-corrected chi connectivity index (χ3v) is 31.3. The first-order valence-corrected chi connectivity index (χ1v) is 37.9. The number of hydrogen-bond donors (Lipinski definition) is 6. The van der Waals surface area contributed by atoms with Gasteiger partial charge in [-0.3, -0.25) is 4.79 Å². The molecule has 492 valence electrons. The van der Waals surface area contributed by atoms with Gasteiger partial charge in [-0.05, 0) is 253 Å². The van der Waals surface area contributed by atoms with Crippen LogP contribution in [-0.4, -0.2) is 51.7 Å². The highest BCUT2D eigenvalue weighted by Gasteiger charge is 2.89. The van der Waals surface area contributed by atoms with Gasteiger partial charge in [-0.2, -0.15) is 0 Å². The lowest BCUT2D eigenvalue weighted by Crippen LogP contribution is -2.73. The highest BCUT2D eigenvalue weighted by molar-refractivity contribution is 5.79. The normalized spacial score (nSPS) is 44.0. The van der Waals surface area contributed by atoms with Gasteiger partial charge in [-0.15, -0.1) is 0 Å². The molecular weight excluding hydrogens is 1150 g/mol. The van der Waals surface area contributed by atoms with Crippen LogP contribution in [0.25, 0.3) is 17.2 Å². The molecule has 0 saturated heterocycles. The van der Waals surface area contributed by atoms with E-state index in [4.69, 9.17) is 0 Å². The Morgan fingerprint density at radius 2 is 1.64 bits per heavy atom. The first-order valence-electron chi connectivity index (χ1n) is 37.9. The number of aliphatic hydroxyl groups excluding tert-OH is 3. The minimum atomic E-state index is -1.08. The third-order valence-electron chi connectivity index (χ3n) is 31.3. The van der Waals surface area contributed by atoms with Gasteiger partial charge in [0.2, 0.25) is 0 Å². The Bertz CT molecular complexity index is 4040. The summed E-state index contributed by atoms with van der Waals surface area (Å²) in [6.07, 6.45) is 45.8. The van der Waals surface area contributed by atoms with E-state index in [1.165, 1.54) is 88.6 Å². The van der Waals surface area contributed by atoms with Gasteiger partial charge in [-0.25, -0.2) is 0 Å². The number of carboxylic acids is 1. The van der Waals surface area contributed by atoms with E-state index in [0.717, 1.165) is 114 Å². The molecule has 6 heterocycles. The number of allylic oxidation sites excluding steroid dienone is 12. The Balaban J connectivity index is 0.905. The lowest BCUT2D eigenvalue weighted by Gasteiger charge is -2.78. The molecule has 7 heteroatoms.